The van der Waals surface area contributed by atoms with Gasteiger partial charge in [0.2, 0.25) is 0 Å². The summed E-state index contributed by atoms with van der Waals surface area (Å²) in [5.74, 6) is -0.0406. The largest absolute Gasteiger partial charge is 0.506 e. The van der Waals surface area contributed by atoms with Crippen LogP contribution >= 0.6 is 12.2 Å². The molecule has 0 unspecified atom stereocenters. The molecule has 9 heteroatoms. The summed E-state index contributed by atoms with van der Waals surface area (Å²) in [6, 6.07) is 14.0. The second-order valence-electron chi connectivity index (χ2n) is 6.81. The monoisotopic (exact) mass is 425 g/mol. The zero-order valence-electron chi connectivity index (χ0n) is 16.2. The van der Waals surface area contributed by atoms with Crippen molar-refractivity contribution >= 4 is 34.6 Å². The number of benzene rings is 2. The highest BCUT2D eigenvalue weighted by atomic mass is 32.1. The molecule has 0 bridgehead atoms. The van der Waals surface area contributed by atoms with Gasteiger partial charge >= 0.3 is 0 Å². The highest BCUT2D eigenvalue weighted by Crippen LogP contribution is 2.28. The SMILES string of the molecule is CC(C)c1ccc(O)c(NC(=S)NC(=O)c2ccc(-c3cccc([N+](=O)[O-])c3)o2)c1. The van der Waals surface area contributed by atoms with Crippen LogP contribution < -0.4 is 10.6 Å². The maximum Gasteiger partial charge on any atom is 0.293 e. The van der Waals surface area contributed by atoms with E-state index in [1.807, 2.05) is 19.9 Å². The summed E-state index contributed by atoms with van der Waals surface area (Å²) in [7, 11) is 0. The zero-order valence-corrected chi connectivity index (χ0v) is 17.0. The van der Waals surface area contributed by atoms with Gasteiger partial charge in [0.05, 0.1) is 10.6 Å². The average Bonchev–Trinajstić information content (AvgIpc) is 3.20. The van der Waals surface area contributed by atoms with Crippen LogP contribution in [0.1, 0.15) is 35.9 Å². The van der Waals surface area contributed by atoms with Gasteiger partial charge in [0, 0.05) is 17.7 Å². The van der Waals surface area contributed by atoms with Crippen LogP contribution in [0.3, 0.4) is 0 Å². The van der Waals surface area contributed by atoms with Gasteiger partial charge in [0.15, 0.2) is 10.9 Å². The number of nitro benzene ring substituents is 1. The van der Waals surface area contributed by atoms with Crippen LogP contribution in [0, 0.1) is 10.1 Å². The molecule has 0 aliphatic carbocycles. The summed E-state index contributed by atoms with van der Waals surface area (Å²) in [6.07, 6.45) is 0. The van der Waals surface area contributed by atoms with Crippen LogP contribution in [0.5, 0.6) is 5.75 Å². The minimum Gasteiger partial charge on any atom is -0.506 e. The van der Waals surface area contributed by atoms with Crippen molar-refractivity contribution in [1.29, 1.82) is 0 Å². The Kier molecular flexibility index (Phi) is 6.12. The summed E-state index contributed by atoms with van der Waals surface area (Å²) in [5, 5.41) is 26.2. The van der Waals surface area contributed by atoms with Crippen molar-refractivity contribution in [1.82, 2.24) is 5.32 Å². The van der Waals surface area contributed by atoms with E-state index < -0.39 is 10.8 Å². The number of nitro groups is 1. The van der Waals surface area contributed by atoms with Crippen LogP contribution in [0.15, 0.2) is 59.0 Å². The van der Waals surface area contributed by atoms with Crippen molar-refractivity contribution in [2.24, 2.45) is 0 Å². The molecule has 1 aromatic heterocycles. The molecule has 0 spiro atoms. The van der Waals surface area contributed by atoms with Crippen molar-refractivity contribution in [2.75, 3.05) is 5.32 Å². The summed E-state index contributed by atoms with van der Waals surface area (Å²) in [4.78, 5) is 22.8. The molecule has 30 heavy (non-hydrogen) atoms. The molecule has 1 heterocycles. The van der Waals surface area contributed by atoms with Crippen molar-refractivity contribution < 1.29 is 19.2 Å². The van der Waals surface area contributed by atoms with E-state index in [1.165, 1.54) is 24.3 Å². The molecule has 0 atom stereocenters. The van der Waals surface area contributed by atoms with Gasteiger partial charge in [-0.15, -0.1) is 0 Å². The molecule has 3 aromatic rings. The number of carbonyl (C=O) groups excluding carboxylic acids is 1. The van der Waals surface area contributed by atoms with Gasteiger partial charge in [-0.2, -0.15) is 0 Å². The molecule has 3 N–H and O–H groups in total. The van der Waals surface area contributed by atoms with Gasteiger partial charge in [-0.05, 0) is 48.0 Å². The van der Waals surface area contributed by atoms with Crippen molar-refractivity contribution in [3.05, 3.63) is 76.0 Å². The number of nitrogens with zero attached hydrogens (tertiary/aromatic N) is 1. The second-order valence-corrected chi connectivity index (χ2v) is 7.22. The van der Waals surface area contributed by atoms with Crippen LogP contribution in [-0.4, -0.2) is 21.0 Å². The average molecular weight is 425 g/mol. The first-order valence-corrected chi connectivity index (χ1v) is 9.45. The van der Waals surface area contributed by atoms with Gasteiger partial charge in [-0.25, -0.2) is 0 Å². The Morgan fingerprint density at radius 3 is 2.63 bits per heavy atom. The van der Waals surface area contributed by atoms with Crippen molar-refractivity contribution in [3.63, 3.8) is 0 Å². The second kappa shape index (κ2) is 8.75. The lowest BCUT2D eigenvalue weighted by Crippen LogP contribution is -2.33. The fraction of sp³-hybridized carbons (Fsp3) is 0.143. The first-order chi connectivity index (χ1) is 14.2. The number of furan rings is 1. The lowest BCUT2D eigenvalue weighted by molar-refractivity contribution is -0.384. The molecule has 2 aromatic carbocycles. The smallest absolute Gasteiger partial charge is 0.293 e. The molecular weight excluding hydrogens is 406 g/mol. The summed E-state index contributed by atoms with van der Waals surface area (Å²) >= 11 is 5.16. The maximum absolute atomic E-state index is 12.4. The molecule has 0 saturated carbocycles. The van der Waals surface area contributed by atoms with E-state index in [9.17, 15) is 20.0 Å². The van der Waals surface area contributed by atoms with Crippen molar-refractivity contribution in [3.8, 4) is 17.1 Å². The Bertz CT molecular complexity index is 1120. The third kappa shape index (κ3) is 4.81. The molecule has 8 nitrogen and oxygen atoms in total. The van der Waals surface area contributed by atoms with E-state index in [4.69, 9.17) is 16.6 Å². The summed E-state index contributed by atoms with van der Waals surface area (Å²) in [6.45, 7) is 4.04. The minimum absolute atomic E-state index is 0.00181. The highest BCUT2D eigenvalue weighted by Gasteiger charge is 2.16. The van der Waals surface area contributed by atoms with Crippen LogP contribution in [0.2, 0.25) is 0 Å². The number of hydrogen-bond acceptors (Lipinski definition) is 6. The Morgan fingerprint density at radius 2 is 1.93 bits per heavy atom. The molecule has 0 saturated heterocycles. The number of hydrogen-bond donors (Lipinski definition) is 3. The molecule has 1 amide bonds. The van der Waals surface area contributed by atoms with E-state index in [0.717, 1.165) is 5.56 Å². The van der Waals surface area contributed by atoms with Gasteiger partial charge in [-0.1, -0.05) is 32.0 Å². The minimum atomic E-state index is -0.594. The number of carbonyl (C=O) groups is 1. The van der Waals surface area contributed by atoms with Crippen LogP contribution in [0.4, 0.5) is 11.4 Å². The number of rotatable bonds is 5. The molecule has 0 aliphatic rings. The number of non-ortho nitro benzene ring substituents is 1. The molecule has 0 aliphatic heterocycles. The molecule has 0 radical (unpaired) electrons. The van der Waals surface area contributed by atoms with E-state index >= 15 is 0 Å². The molecular formula is C21H19N3O5S. The summed E-state index contributed by atoms with van der Waals surface area (Å²) < 4.78 is 5.52. The number of nitrogens with one attached hydrogen (secondary N) is 2. The Morgan fingerprint density at radius 1 is 1.17 bits per heavy atom. The third-order valence-electron chi connectivity index (χ3n) is 4.33. The number of phenols is 1. The number of phenolic OH excluding ortho intramolecular Hbond substituents is 1. The van der Waals surface area contributed by atoms with E-state index in [1.54, 1.807) is 24.3 Å². The number of thiocarbonyl (C=S) groups is 1. The maximum atomic E-state index is 12.4. The number of anilines is 1. The first kappa shape index (κ1) is 21.0. The van der Waals surface area contributed by atoms with E-state index in [0.29, 0.717) is 17.0 Å². The van der Waals surface area contributed by atoms with Gasteiger partial charge in [0.25, 0.3) is 11.6 Å². The number of aromatic hydroxyl groups is 1. The standard InChI is InChI=1S/C21H19N3O5S/c1-12(2)13-6-7-17(25)16(11-13)22-21(30)23-20(26)19-9-8-18(29-19)14-4-3-5-15(10-14)24(27)28/h3-12,25H,1-2H3,(H2,22,23,26,30). The molecule has 3 rings (SSSR count). The lowest BCUT2D eigenvalue weighted by Gasteiger charge is -2.13. The molecule has 154 valence electrons. The van der Waals surface area contributed by atoms with Crippen LogP contribution in [0.25, 0.3) is 11.3 Å². The topological polar surface area (TPSA) is 118 Å². The highest BCUT2D eigenvalue weighted by molar-refractivity contribution is 7.80. The van der Waals surface area contributed by atoms with E-state index in [-0.39, 0.29) is 28.2 Å². The van der Waals surface area contributed by atoms with E-state index in [2.05, 4.69) is 10.6 Å². The fourth-order valence-corrected chi connectivity index (χ4v) is 2.92. The molecule has 0 fully saturated rings. The third-order valence-corrected chi connectivity index (χ3v) is 4.54. The predicted molar refractivity (Wildman–Crippen MR) is 117 cm³/mol. The fourth-order valence-electron chi connectivity index (χ4n) is 2.72. The first-order valence-electron chi connectivity index (χ1n) is 9.04. The Balaban J connectivity index is 1.70. The summed E-state index contributed by atoms with van der Waals surface area (Å²) in [5.41, 5.74) is 1.77. The quantitative estimate of drug-likeness (QED) is 0.232. The Hall–Kier alpha value is -3.72. The zero-order chi connectivity index (χ0) is 21.8. The normalized spacial score (nSPS) is 10.6. The van der Waals surface area contributed by atoms with Crippen molar-refractivity contribution in [2.45, 2.75) is 19.8 Å². The van der Waals surface area contributed by atoms with Gasteiger partial charge < -0.3 is 14.8 Å². The predicted octanol–water partition coefficient (Wildman–Crippen LogP) is 4.81. The van der Waals surface area contributed by atoms with Gasteiger partial charge in [0.1, 0.15) is 11.5 Å². The lowest BCUT2D eigenvalue weighted by atomic mass is 10.0. The Labute approximate surface area is 177 Å². The van der Waals surface area contributed by atoms with Crippen LogP contribution in [-0.2, 0) is 0 Å². The van der Waals surface area contributed by atoms with Gasteiger partial charge in [-0.3, -0.25) is 20.2 Å². The number of amides is 1.